The highest BCUT2D eigenvalue weighted by Gasteiger charge is 2.41. The van der Waals surface area contributed by atoms with Crippen molar-refractivity contribution in [2.75, 3.05) is 55.6 Å². The van der Waals surface area contributed by atoms with Crippen LogP contribution in [0.3, 0.4) is 0 Å². The summed E-state index contributed by atoms with van der Waals surface area (Å²) in [5.41, 5.74) is 0.709. The largest absolute Gasteiger partial charge is 0.353 e. The molecule has 0 N–H and O–H groups in total. The molecule has 0 radical (unpaired) electrons. The van der Waals surface area contributed by atoms with Crippen molar-refractivity contribution in [2.24, 2.45) is 0 Å². The van der Waals surface area contributed by atoms with Crippen LogP contribution in [0, 0.1) is 0 Å². The van der Waals surface area contributed by atoms with Crippen LogP contribution in [-0.4, -0.2) is 83.6 Å². The lowest BCUT2D eigenvalue weighted by atomic mass is 10.1. The standard InChI is InChI=1S/C25H29N5O3S/c31-22(28-16-14-27(15-17-28)21-10-4-5-11-26-21)18-30-19-8-2-3-9-20(19)34-23(25(30)33)24(32)29-12-6-1-7-13-29/h2-5,8-11,23H,1,6-7,12-18H2. The third-order valence-electron chi connectivity index (χ3n) is 6.68. The van der Waals surface area contributed by atoms with Gasteiger partial charge >= 0.3 is 0 Å². The predicted octanol–water partition coefficient (Wildman–Crippen LogP) is 2.25. The minimum atomic E-state index is -0.832. The normalized spacial score (nSPS) is 20.8. The second-order valence-electron chi connectivity index (χ2n) is 8.83. The molecule has 1 unspecified atom stereocenters. The highest BCUT2D eigenvalue weighted by molar-refractivity contribution is 8.01. The van der Waals surface area contributed by atoms with Crippen LogP contribution in [-0.2, 0) is 14.4 Å². The first-order chi connectivity index (χ1) is 16.6. The van der Waals surface area contributed by atoms with Crippen LogP contribution in [0.4, 0.5) is 11.5 Å². The van der Waals surface area contributed by atoms with E-state index in [1.54, 1.807) is 11.1 Å². The Kier molecular flexibility index (Phi) is 6.71. The summed E-state index contributed by atoms with van der Waals surface area (Å²) in [5.74, 6) is 0.385. The molecule has 5 rings (SSSR count). The summed E-state index contributed by atoms with van der Waals surface area (Å²) in [5, 5.41) is -0.832. The second-order valence-corrected chi connectivity index (χ2v) is 9.98. The van der Waals surface area contributed by atoms with E-state index in [0.717, 1.165) is 30.0 Å². The van der Waals surface area contributed by atoms with Crippen molar-refractivity contribution in [1.82, 2.24) is 14.8 Å². The molecule has 8 nitrogen and oxygen atoms in total. The molecule has 3 aliphatic heterocycles. The molecule has 34 heavy (non-hydrogen) atoms. The summed E-state index contributed by atoms with van der Waals surface area (Å²) < 4.78 is 0. The van der Waals surface area contributed by atoms with Crippen molar-refractivity contribution < 1.29 is 14.4 Å². The number of pyridine rings is 1. The van der Waals surface area contributed by atoms with E-state index >= 15 is 0 Å². The van der Waals surface area contributed by atoms with Gasteiger partial charge in [0.15, 0.2) is 5.25 Å². The zero-order valence-electron chi connectivity index (χ0n) is 19.1. The van der Waals surface area contributed by atoms with Gasteiger partial charge in [0.2, 0.25) is 11.8 Å². The number of piperidine rings is 1. The summed E-state index contributed by atoms with van der Waals surface area (Å²) in [6.07, 6.45) is 4.83. The first kappa shape index (κ1) is 22.7. The van der Waals surface area contributed by atoms with E-state index in [1.807, 2.05) is 47.4 Å². The molecule has 2 aromatic rings. The molecule has 1 aromatic heterocycles. The molecule has 178 valence electrons. The maximum atomic E-state index is 13.5. The van der Waals surface area contributed by atoms with Crippen molar-refractivity contribution in [3.63, 3.8) is 0 Å². The minimum Gasteiger partial charge on any atom is -0.353 e. The Hall–Kier alpha value is -3.07. The van der Waals surface area contributed by atoms with Gasteiger partial charge in [-0.15, -0.1) is 11.8 Å². The molecule has 1 aromatic carbocycles. The number of fused-ring (bicyclic) bond motifs is 1. The highest BCUT2D eigenvalue weighted by atomic mass is 32.2. The number of benzene rings is 1. The fourth-order valence-electron chi connectivity index (χ4n) is 4.78. The zero-order valence-corrected chi connectivity index (χ0v) is 20.0. The molecule has 3 aliphatic rings. The second kappa shape index (κ2) is 10.0. The molecule has 0 aliphatic carbocycles. The smallest absolute Gasteiger partial charge is 0.250 e. The van der Waals surface area contributed by atoms with Gasteiger partial charge in [-0.25, -0.2) is 4.98 Å². The molecule has 4 heterocycles. The third-order valence-corrected chi connectivity index (χ3v) is 7.92. The Bertz CT molecular complexity index is 1050. The number of nitrogens with zero attached hydrogens (tertiary/aromatic N) is 5. The fraction of sp³-hybridized carbons (Fsp3) is 0.440. The number of carbonyl (C=O) groups excluding carboxylic acids is 3. The molecular weight excluding hydrogens is 450 g/mol. The maximum Gasteiger partial charge on any atom is 0.250 e. The van der Waals surface area contributed by atoms with Crippen molar-refractivity contribution >= 4 is 41.0 Å². The van der Waals surface area contributed by atoms with Crippen LogP contribution in [0.15, 0.2) is 53.6 Å². The van der Waals surface area contributed by atoms with Gasteiger partial charge in [0.05, 0.1) is 5.69 Å². The quantitative estimate of drug-likeness (QED) is 0.626. The number of carbonyl (C=O) groups is 3. The lowest BCUT2D eigenvalue weighted by molar-refractivity contribution is -0.137. The lowest BCUT2D eigenvalue weighted by Crippen LogP contribution is -2.55. The Morgan fingerprint density at radius 3 is 2.35 bits per heavy atom. The first-order valence-electron chi connectivity index (χ1n) is 11.9. The Morgan fingerprint density at radius 2 is 1.62 bits per heavy atom. The van der Waals surface area contributed by atoms with Crippen LogP contribution >= 0.6 is 11.8 Å². The number of hydrogen-bond donors (Lipinski definition) is 0. The van der Waals surface area contributed by atoms with E-state index in [2.05, 4.69) is 9.88 Å². The van der Waals surface area contributed by atoms with E-state index in [-0.39, 0.29) is 24.3 Å². The summed E-state index contributed by atoms with van der Waals surface area (Å²) in [6, 6.07) is 13.4. The molecule has 2 fully saturated rings. The number of para-hydroxylation sites is 1. The van der Waals surface area contributed by atoms with Crippen LogP contribution in [0.2, 0.25) is 0 Å². The Balaban J connectivity index is 1.28. The van der Waals surface area contributed by atoms with Gasteiger partial charge < -0.3 is 19.6 Å². The maximum absolute atomic E-state index is 13.5. The van der Waals surface area contributed by atoms with Crippen LogP contribution < -0.4 is 9.80 Å². The molecule has 0 spiro atoms. The summed E-state index contributed by atoms with van der Waals surface area (Å²) in [6.45, 7) is 3.88. The Morgan fingerprint density at radius 1 is 0.882 bits per heavy atom. The van der Waals surface area contributed by atoms with Crippen molar-refractivity contribution in [2.45, 2.75) is 29.4 Å². The summed E-state index contributed by atoms with van der Waals surface area (Å²) >= 11 is 1.31. The average Bonchev–Trinajstić information content (AvgIpc) is 2.90. The monoisotopic (exact) mass is 479 g/mol. The number of thioether (sulfide) groups is 1. The van der Waals surface area contributed by atoms with E-state index in [9.17, 15) is 14.4 Å². The SMILES string of the molecule is O=C(CN1C(=O)C(C(=O)N2CCCCC2)Sc2ccccc21)N1CCN(c2ccccn2)CC1. The fourth-order valence-corrected chi connectivity index (χ4v) is 5.97. The first-order valence-corrected chi connectivity index (χ1v) is 12.8. The molecule has 2 saturated heterocycles. The van der Waals surface area contributed by atoms with Gasteiger partial charge in [0, 0.05) is 50.4 Å². The van der Waals surface area contributed by atoms with Crippen LogP contribution in [0.25, 0.3) is 0 Å². The molecule has 0 saturated carbocycles. The topological polar surface area (TPSA) is 77.1 Å². The molecule has 1 atom stereocenters. The van der Waals surface area contributed by atoms with Crippen molar-refractivity contribution in [3.05, 3.63) is 48.7 Å². The van der Waals surface area contributed by atoms with E-state index in [1.165, 1.54) is 16.7 Å². The van der Waals surface area contributed by atoms with E-state index in [4.69, 9.17) is 0 Å². The number of piperazine rings is 1. The molecular formula is C25H29N5O3S. The van der Waals surface area contributed by atoms with Crippen LogP contribution in [0.1, 0.15) is 19.3 Å². The average molecular weight is 480 g/mol. The highest BCUT2D eigenvalue weighted by Crippen LogP contribution is 2.40. The van der Waals surface area contributed by atoms with Gasteiger partial charge in [0.1, 0.15) is 12.4 Å². The third kappa shape index (κ3) is 4.61. The number of aromatic nitrogens is 1. The Labute approximate surface area is 203 Å². The van der Waals surface area contributed by atoms with Gasteiger partial charge in [0.25, 0.3) is 5.91 Å². The number of amides is 3. The summed E-state index contributed by atoms with van der Waals surface area (Å²) in [7, 11) is 0. The van der Waals surface area contributed by atoms with Crippen molar-refractivity contribution in [1.29, 1.82) is 0 Å². The van der Waals surface area contributed by atoms with Gasteiger partial charge in [-0.05, 0) is 43.5 Å². The zero-order chi connectivity index (χ0) is 23.5. The van der Waals surface area contributed by atoms with Crippen LogP contribution in [0.5, 0.6) is 0 Å². The molecule has 3 amide bonds. The van der Waals surface area contributed by atoms with Gasteiger partial charge in [-0.3, -0.25) is 14.4 Å². The minimum absolute atomic E-state index is 0.0518. The number of anilines is 2. The number of likely N-dealkylation sites (tertiary alicyclic amines) is 1. The van der Waals surface area contributed by atoms with E-state index in [0.29, 0.717) is 45.0 Å². The molecule has 9 heteroatoms. The predicted molar refractivity (Wildman–Crippen MR) is 132 cm³/mol. The number of rotatable bonds is 4. The van der Waals surface area contributed by atoms with Crippen molar-refractivity contribution in [3.8, 4) is 0 Å². The van der Waals surface area contributed by atoms with Gasteiger partial charge in [-0.2, -0.15) is 0 Å². The van der Waals surface area contributed by atoms with Gasteiger partial charge in [-0.1, -0.05) is 18.2 Å². The summed E-state index contributed by atoms with van der Waals surface area (Å²) in [4.78, 5) is 52.5. The van der Waals surface area contributed by atoms with E-state index < -0.39 is 5.25 Å². The lowest BCUT2D eigenvalue weighted by Gasteiger charge is -2.38. The molecule has 0 bridgehead atoms. The number of hydrogen-bond acceptors (Lipinski definition) is 6.